The summed E-state index contributed by atoms with van der Waals surface area (Å²) in [4.78, 5) is 44.9. The van der Waals surface area contributed by atoms with E-state index in [9.17, 15) is 19.5 Å². The van der Waals surface area contributed by atoms with E-state index < -0.39 is 30.2 Å². The lowest BCUT2D eigenvalue weighted by Gasteiger charge is -2.26. The van der Waals surface area contributed by atoms with Crippen LogP contribution in [0.15, 0.2) is 76.9 Å². The lowest BCUT2D eigenvalue weighted by Crippen LogP contribution is -2.47. The molecule has 4 N–H and O–H groups in total. The SMILES string of the molecule is CCCCCCCCCCCC1N=C(OC)NC(CCCO)=C1C(=O)OCCCCN(C(=N)NC(=O)OCc1ccccc1)C(=O)OCc1ccccc1. The van der Waals surface area contributed by atoms with E-state index in [0.717, 1.165) is 35.3 Å². The predicted octanol–water partition coefficient (Wildman–Crippen LogP) is 7.73. The van der Waals surface area contributed by atoms with Gasteiger partial charge in [0.15, 0.2) is 0 Å². The van der Waals surface area contributed by atoms with Crippen LogP contribution < -0.4 is 10.6 Å². The number of esters is 1. The van der Waals surface area contributed by atoms with Crippen molar-refractivity contribution in [3.8, 4) is 0 Å². The van der Waals surface area contributed by atoms with Crippen molar-refractivity contribution in [3.63, 3.8) is 0 Å². The molecule has 0 radical (unpaired) electrons. The van der Waals surface area contributed by atoms with Crippen LogP contribution >= 0.6 is 0 Å². The van der Waals surface area contributed by atoms with Crippen LogP contribution in [0.1, 0.15) is 108 Å². The Morgan fingerprint density at radius 3 is 2.04 bits per heavy atom. The summed E-state index contributed by atoms with van der Waals surface area (Å²) in [7, 11) is 1.53. The number of guanidine groups is 1. The van der Waals surface area contributed by atoms with Gasteiger partial charge in [0.1, 0.15) is 13.2 Å². The summed E-state index contributed by atoms with van der Waals surface area (Å²) in [6.45, 7) is 2.22. The molecule has 0 fully saturated rings. The van der Waals surface area contributed by atoms with E-state index in [1.807, 2.05) is 48.5 Å². The number of allylic oxidation sites excluding steroid dienone is 1. The normalized spacial score (nSPS) is 13.7. The minimum Gasteiger partial charge on any atom is -0.468 e. The number of unbranched alkanes of at least 4 members (excludes halogenated alkanes) is 9. The highest BCUT2D eigenvalue weighted by atomic mass is 16.6. The number of ether oxygens (including phenoxy) is 4. The summed E-state index contributed by atoms with van der Waals surface area (Å²) in [6.07, 6.45) is 11.2. The molecule has 2 amide bonds. The second-order valence-corrected chi connectivity index (χ2v) is 13.2. The van der Waals surface area contributed by atoms with Gasteiger partial charge in [0, 0.05) is 18.8 Å². The van der Waals surface area contributed by atoms with Crippen molar-refractivity contribution in [2.45, 2.75) is 116 Å². The molecule has 3 rings (SSSR count). The molecule has 0 aromatic heterocycles. The summed E-state index contributed by atoms with van der Waals surface area (Å²) in [6, 6.07) is 18.1. The molecular weight excluding hydrogens is 690 g/mol. The van der Waals surface area contributed by atoms with Crippen molar-refractivity contribution >= 4 is 30.1 Å². The minimum absolute atomic E-state index is 0.00438. The zero-order chi connectivity index (χ0) is 38.8. The third-order valence-electron chi connectivity index (χ3n) is 8.91. The first kappa shape index (κ1) is 43.5. The molecule has 1 aliphatic rings. The van der Waals surface area contributed by atoms with Crippen LogP contribution in [0.4, 0.5) is 9.59 Å². The second kappa shape index (κ2) is 26.0. The smallest absolute Gasteiger partial charge is 0.416 e. The standard InChI is InChI=1S/C41H59N5O8/c1-3-4-5-6-7-8-9-10-17-25-34-36(35(26-20-28-47)44-39(43-34)51-2)37(48)52-29-19-18-27-46(41(50)54-31-33-23-15-12-16-24-33)38(42)45-40(49)53-30-32-21-13-11-14-22-32/h11-16,21-24,34,47H,3-10,17-20,25-31H2,1-2H3,(H,43,44)(H2,42,45,49). The number of aliphatic imine (C=N–C) groups is 1. The highest BCUT2D eigenvalue weighted by Gasteiger charge is 2.31. The van der Waals surface area contributed by atoms with Gasteiger partial charge in [-0.25, -0.2) is 24.3 Å². The van der Waals surface area contributed by atoms with Crippen molar-refractivity contribution in [2.24, 2.45) is 4.99 Å². The molecule has 0 bridgehead atoms. The van der Waals surface area contributed by atoms with E-state index in [1.165, 1.54) is 45.6 Å². The fourth-order valence-corrected chi connectivity index (χ4v) is 5.94. The van der Waals surface area contributed by atoms with Gasteiger partial charge in [-0.2, -0.15) is 0 Å². The maximum absolute atomic E-state index is 13.6. The van der Waals surface area contributed by atoms with E-state index in [0.29, 0.717) is 49.4 Å². The minimum atomic E-state index is -0.888. The van der Waals surface area contributed by atoms with Gasteiger partial charge in [0.25, 0.3) is 6.02 Å². The van der Waals surface area contributed by atoms with Gasteiger partial charge in [0.05, 0.1) is 25.3 Å². The number of amidine groups is 1. The lowest BCUT2D eigenvalue weighted by molar-refractivity contribution is -0.139. The van der Waals surface area contributed by atoms with Crippen LogP contribution in [-0.2, 0) is 37.0 Å². The molecule has 1 atom stereocenters. The van der Waals surface area contributed by atoms with Gasteiger partial charge >= 0.3 is 18.2 Å². The Kier molecular flexibility index (Phi) is 20.9. The van der Waals surface area contributed by atoms with Crippen LogP contribution in [-0.4, -0.2) is 73.1 Å². The Balaban J connectivity index is 1.56. The molecule has 0 aliphatic carbocycles. The number of hydrogen-bond acceptors (Lipinski definition) is 11. The van der Waals surface area contributed by atoms with Crippen molar-refractivity contribution < 1.29 is 38.4 Å². The molecule has 0 spiro atoms. The topological polar surface area (TPSA) is 172 Å². The van der Waals surface area contributed by atoms with Crippen LogP contribution in [0.25, 0.3) is 0 Å². The van der Waals surface area contributed by atoms with Gasteiger partial charge in [-0.15, -0.1) is 0 Å². The van der Waals surface area contributed by atoms with Gasteiger partial charge in [-0.05, 0) is 43.2 Å². The van der Waals surface area contributed by atoms with E-state index in [4.69, 9.17) is 24.4 Å². The summed E-state index contributed by atoms with van der Waals surface area (Å²) in [5.41, 5.74) is 2.61. The van der Waals surface area contributed by atoms with Crippen molar-refractivity contribution in [2.75, 3.05) is 26.9 Å². The Bertz CT molecular complexity index is 1480. The quantitative estimate of drug-likeness (QED) is 0.0292. The number of rotatable bonds is 23. The van der Waals surface area contributed by atoms with E-state index in [1.54, 1.807) is 12.1 Å². The van der Waals surface area contributed by atoms with Gasteiger partial charge in [-0.1, -0.05) is 125 Å². The maximum atomic E-state index is 13.6. The van der Waals surface area contributed by atoms with Gasteiger partial charge in [-0.3, -0.25) is 10.7 Å². The summed E-state index contributed by atoms with van der Waals surface area (Å²) in [5.74, 6) is -0.994. The zero-order valence-corrected chi connectivity index (χ0v) is 32.0. The maximum Gasteiger partial charge on any atom is 0.416 e. The van der Waals surface area contributed by atoms with Crippen LogP contribution in [0, 0.1) is 5.41 Å². The lowest BCUT2D eigenvalue weighted by atomic mass is 9.95. The van der Waals surface area contributed by atoms with E-state index in [-0.39, 0.29) is 33.0 Å². The van der Waals surface area contributed by atoms with Crippen molar-refractivity contribution in [1.29, 1.82) is 5.41 Å². The average Bonchev–Trinajstić information content (AvgIpc) is 3.19. The molecule has 296 valence electrons. The molecule has 1 unspecified atom stereocenters. The number of amides is 2. The number of nitrogens with zero attached hydrogens (tertiary/aromatic N) is 2. The van der Waals surface area contributed by atoms with E-state index >= 15 is 0 Å². The van der Waals surface area contributed by atoms with Crippen LogP contribution in [0.2, 0.25) is 0 Å². The molecule has 1 aliphatic heterocycles. The average molecular weight is 750 g/mol. The Hall–Kier alpha value is -4.91. The third kappa shape index (κ3) is 16.4. The molecule has 0 saturated carbocycles. The second-order valence-electron chi connectivity index (χ2n) is 13.2. The fourth-order valence-electron chi connectivity index (χ4n) is 5.94. The summed E-state index contributed by atoms with van der Waals surface area (Å²) in [5, 5.41) is 23.4. The third-order valence-corrected chi connectivity index (χ3v) is 8.91. The molecule has 54 heavy (non-hydrogen) atoms. The summed E-state index contributed by atoms with van der Waals surface area (Å²) >= 11 is 0. The number of benzene rings is 2. The Morgan fingerprint density at radius 1 is 0.815 bits per heavy atom. The Labute approximate surface area is 320 Å². The molecular formula is C41H59N5O8. The molecule has 2 aromatic rings. The molecule has 0 saturated heterocycles. The van der Waals surface area contributed by atoms with Crippen LogP contribution in [0.3, 0.4) is 0 Å². The van der Waals surface area contributed by atoms with Crippen molar-refractivity contribution in [3.05, 3.63) is 83.1 Å². The number of methoxy groups -OCH3 is 1. The number of aliphatic hydroxyl groups is 1. The fraction of sp³-hybridized carbons (Fsp3) is 0.537. The molecule has 13 nitrogen and oxygen atoms in total. The first-order chi connectivity index (χ1) is 26.4. The van der Waals surface area contributed by atoms with Gasteiger partial charge in [0.2, 0.25) is 5.96 Å². The molecule has 13 heteroatoms. The number of aliphatic hydroxyl groups excluding tert-OH is 1. The molecule has 2 aromatic carbocycles. The molecule has 1 heterocycles. The number of nitrogens with one attached hydrogen (secondary N) is 3. The zero-order valence-electron chi connectivity index (χ0n) is 32.0. The first-order valence-electron chi connectivity index (χ1n) is 19.3. The number of alkyl carbamates (subject to hydrolysis) is 1. The van der Waals surface area contributed by atoms with Crippen LogP contribution in [0.5, 0.6) is 0 Å². The largest absolute Gasteiger partial charge is 0.468 e. The first-order valence-corrected chi connectivity index (χ1v) is 19.3. The summed E-state index contributed by atoms with van der Waals surface area (Å²) < 4.78 is 21.9. The van der Waals surface area contributed by atoms with Gasteiger partial charge < -0.3 is 29.4 Å². The number of carbonyl (C=O) groups excluding carboxylic acids is 3. The highest BCUT2D eigenvalue weighted by molar-refractivity contribution is 5.99. The Morgan fingerprint density at radius 2 is 1.43 bits per heavy atom. The highest BCUT2D eigenvalue weighted by Crippen LogP contribution is 2.26. The van der Waals surface area contributed by atoms with Crippen molar-refractivity contribution in [1.82, 2.24) is 15.5 Å². The predicted molar refractivity (Wildman–Crippen MR) is 208 cm³/mol. The number of carbonyl (C=O) groups is 3. The monoisotopic (exact) mass is 749 g/mol. The number of hydrogen-bond donors (Lipinski definition) is 4. The van der Waals surface area contributed by atoms with E-state index in [2.05, 4.69) is 22.5 Å².